The molecule has 0 bridgehead atoms. The van der Waals surface area contributed by atoms with Gasteiger partial charge in [0, 0.05) is 17.7 Å². The van der Waals surface area contributed by atoms with Crippen molar-refractivity contribution in [1.29, 1.82) is 0 Å². The Morgan fingerprint density at radius 1 is 1.19 bits per heavy atom. The Morgan fingerprint density at radius 2 is 1.89 bits per heavy atom. The molecule has 6 heteroatoms. The molecule has 2 aromatic rings. The Balaban J connectivity index is 1.75. The molecule has 1 aromatic carbocycles. The molecule has 0 aliphatic carbocycles. The van der Waals surface area contributed by atoms with Crippen molar-refractivity contribution in [2.75, 3.05) is 25.6 Å². The minimum atomic E-state index is -0.551. The summed E-state index contributed by atoms with van der Waals surface area (Å²) < 4.78 is 16.0. The van der Waals surface area contributed by atoms with E-state index in [-0.39, 0.29) is 5.97 Å². The Bertz CT molecular complexity index is 737. The highest BCUT2D eigenvalue weighted by atomic mass is 32.2. The largest absolute Gasteiger partial charge is 0.465 e. The molecule has 0 radical (unpaired) electrons. The van der Waals surface area contributed by atoms with Gasteiger partial charge in [-0.1, -0.05) is 17.7 Å². The zero-order valence-electron chi connectivity index (χ0n) is 16.8. The van der Waals surface area contributed by atoms with Crippen molar-refractivity contribution in [2.45, 2.75) is 45.8 Å². The molecule has 0 fully saturated rings. The van der Waals surface area contributed by atoms with Crippen molar-refractivity contribution >= 4 is 17.7 Å². The van der Waals surface area contributed by atoms with Crippen molar-refractivity contribution < 1.29 is 18.7 Å². The van der Waals surface area contributed by atoms with Crippen LogP contribution in [0.1, 0.15) is 37.8 Å². The smallest absolute Gasteiger partial charge is 0.321 e. The van der Waals surface area contributed by atoms with Crippen LogP contribution in [0, 0.1) is 13.8 Å². The lowest BCUT2D eigenvalue weighted by Crippen LogP contribution is -2.31. The van der Waals surface area contributed by atoms with Crippen LogP contribution in [-0.4, -0.2) is 41.3 Å². The van der Waals surface area contributed by atoms with Crippen molar-refractivity contribution in [3.63, 3.8) is 0 Å². The number of carbonyl (C=O) groups is 1. The van der Waals surface area contributed by atoms with E-state index in [0.717, 1.165) is 22.8 Å². The Labute approximate surface area is 165 Å². The molecule has 1 heterocycles. The standard InChI is InChI=1S/C21H29NO4S/c1-6-25-20(23)21(4,5)27-14-13-24-12-11-18-16(3)26-19(22-18)17-9-7-15(2)8-10-17/h7-10H,6,11-14H2,1-5H3. The van der Waals surface area contributed by atoms with Gasteiger partial charge in [0.15, 0.2) is 0 Å². The van der Waals surface area contributed by atoms with E-state index in [1.54, 1.807) is 11.8 Å². The van der Waals surface area contributed by atoms with E-state index in [0.29, 0.717) is 32.1 Å². The van der Waals surface area contributed by atoms with Gasteiger partial charge in [0.1, 0.15) is 10.5 Å². The second-order valence-corrected chi connectivity index (χ2v) is 8.55. The molecule has 2 rings (SSSR count). The maximum atomic E-state index is 11.8. The number of hydrogen-bond acceptors (Lipinski definition) is 6. The third-order valence-corrected chi connectivity index (χ3v) is 5.39. The van der Waals surface area contributed by atoms with Gasteiger partial charge in [-0.3, -0.25) is 4.79 Å². The van der Waals surface area contributed by atoms with Gasteiger partial charge in [0.25, 0.3) is 0 Å². The number of thioether (sulfide) groups is 1. The normalized spacial score (nSPS) is 11.6. The van der Waals surface area contributed by atoms with Gasteiger partial charge in [-0.15, -0.1) is 11.8 Å². The molecule has 1 aromatic heterocycles. The van der Waals surface area contributed by atoms with Crippen LogP contribution in [0.5, 0.6) is 0 Å². The molecule has 0 spiro atoms. The molecule has 27 heavy (non-hydrogen) atoms. The summed E-state index contributed by atoms with van der Waals surface area (Å²) >= 11 is 1.54. The summed E-state index contributed by atoms with van der Waals surface area (Å²) in [5.41, 5.74) is 3.11. The van der Waals surface area contributed by atoms with Gasteiger partial charge in [-0.2, -0.15) is 0 Å². The van der Waals surface area contributed by atoms with Crippen LogP contribution in [0.15, 0.2) is 28.7 Å². The lowest BCUT2D eigenvalue weighted by atomic mass is 10.1. The number of carbonyl (C=O) groups excluding carboxylic acids is 1. The molecule has 0 aliphatic heterocycles. The summed E-state index contributed by atoms with van der Waals surface area (Å²) in [6, 6.07) is 8.13. The molecule has 0 saturated carbocycles. The molecular formula is C21H29NO4S. The number of oxazole rings is 1. The molecule has 0 saturated heterocycles. The lowest BCUT2D eigenvalue weighted by molar-refractivity contribution is -0.145. The maximum absolute atomic E-state index is 11.8. The first-order chi connectivity index (χ1) is 12.8. The first kappa shape index (κ1) is 21.5. The number of aryl methyl sites for hydroxylation is 2. The average Bonchev–Trinajstić information content (AvgIpc) is 2.99. The molecule has 148 valence electrons. The summed E-state index contributed by atoms with van der Waals surface area (Å²) in [4.78, 5) is 16.4. The zero-order chi connectivity index (χ0) is 19.9. The fourth-order valence-corrected chi connectivity index (χ4v) is 3.36. The van der Waals surface area contributed by atoms with Gasteiger partial charge < -0.3 is 13.9 Å². The summed E-state index contributed by atoms with van der Waals surface area (Å²) in [6.07, 6.45) is 0.702. The molecular weight excluding hydrogens is 362 g/mol. The van der Waals surface area contributed by atoms with Gasteiger partial charge in [0.05, 0.1) is 25.5 Å². The van der Waals surface area contributed by atoms with Crippen molar-refractivity contribution in [3.05, 3.63) is 41.3 Å². The topological polar surface area (TPSA) is 61.6 Å². The van der Waals surface area contributed by atoms with E-state index >= 15 is 0 Å². The van der Waals surface area contributed by atoms with Gasteiger partial charge >= 0.3 is 5.97 Å². The molecule has 0 atom stereocenters. The quantitative estimate of drug-likeness (QED) is 0.436. The molecule has 5 nitrogen and oxygen atoms in total. The van der Waals surface area contributed by atoms with Gasteiger partial charge in [-0.25, -0.2) is 4.98 Å². The Morgan fingerprint density at radius 3 is 2.56 bits per heavy atom. The highest BCUT2D eigenvalue weighted by molar-refractivity contribution is 8.01. The molecule has 0 amide bonds. The number of nitrogens with zero attached hydrogens (tertiary/aromatic N) is 1. The maximum Gasteiger partial charge on any atom is 0.321 e. The first-order valence-electron chi connectivity index (χ1n) is 9.25. The van der Waals surface area contributed by atoms with Crippen LogP contribution in [0.25, 0.3) is 11.5 Å². The highest BCUT2D eigenvalue weighted by Gasteiger charge is 2.29. The SMILES string of the molecule is CCOC(=O)C(C)(C)SCCOCCc1nc(-c2ccc(C)cc2)oc1C. The van der Waals surface area contributed by atoms with Crippen molar-refractivity contribution in [2.24, 2.45) is 0 Å². The second kappa shape index (κ2) is 9.95. The van der Waals surface area contributed by atoms with E-state index < -0.39 is 4.75 Å². The number of ether oxygens (including phenoxy) is 2. The summed E-state index contributed by atoms with van der Waals surface area (Å²) in [7, 11) is 0. The summed E-state index contributed by atoms with van der Waals surface area (Å²) in [6.45, 7) is 11.1. The third kappa shape index (κ3) is 6.40. The van der Waals surface area contributed by atoms with E-state index in [9.17, 15) is 4.79 Å². The number of hydrogen-bond donors (Lipinski definition) is 0. The second-order valence-electron chi connectivity index (χ2n) is 6.83. The van der Waals surface area contributed by atoms with Crippen LogP contribution in [0.3, 0.4) is 0 Å². The number of aromatic nitrogens is 1. The monoisotopic (exact) mass is 391 g/mol. The van der Waals surface area contributed by atoms with Gasteiger partial charge in [0.2, 0.25) is 5.89 Å². The highest BCUT2D eigenvalue weighted by Crippen LogP contribution is 2.26. The molecule has 0 aliphatic rings. The lowest BCUT2D eigenvalue weighted by Gasteiger charge is -2.21. The van der Waals surface area contributed by atoms with E-state index in [1.165, 1.54) is 5.56 Å². The predicted molar refractivity (Wildman–Crippen MR) is 109 cm³/mol. The zero-order valence-corrected chi connectivity index (χ0v) is 17.6. The fraction of sp³-hybridized carbons (Fsp3) is 0.524. The minimum Gasteiger partial charge on any atom is -0.465 e. The molecule has 0 unspecified atom stereocenters. The minimum absolute atomic E-state index is 0.183. The van der Waals surface area contributed by atoms with Crippen molar-refractivity contribution in [3.8, 4) is 11.5 Å². The van der Waals surface area contributed by atoms with E-state index in [1.807, 2.05) is 52.0 Å². The Hall–Kier alpha value is -1.79. The predicted octanol–water partition coefficient (Wildman–Crippen LogP) is 4.59. The number of rotatable bonds is 10. The number of esters is 1. The van der Waals surface area contributed by atoms with Crippen LogP contribution >= 0.6 is 11.8 Å². The van der Waals surface area contributed by atoms with E-state index in [2.05, 4.69) is 11.9 Å². The van der Waals surface area contributed by atoms with Crippen LogP contribution in [0.2, 0.25) is 0 Å². The Kier molecular flexibility index (Phi) is 7.92. The molecule has 0 N–H and O–H groups in total. The van der Waals surface area contributed by atoms with Crippen LogP contribution in [-0.2, 0) is 20.7 Å². The fourth-order valence-electron chi connectivity index (χ4n) is 2.47. The first-order valence-corrected chi connectivity index (χ1v) is 10.2. The third-order valence-electron chi connectivity index (χ3n) is 4.13. The van der Waals surface area contributed by atoms with E-state index in [4.69, 9.17) is 13.9 Å². The summed E-state index contributed by atoms with van der Waals surface area (Å²) in [5, 5.41) is 0. The van der Waals surface area contributed by atoms with Crippen LogP contribution < -0.4 is 0 Å². The van der Waals surface area contributed by atoms with Gasteiger partial charge in [-0.05, 0) is 46.8 Å². The average molecular weight is 392 g/mol. The van der Waals surface area contributed by atoms with Crippen LogP contribution in [0.4, 0.5) is 0 Å². The van der Waals surface area contributed by atoms with Crippen molar-refractivity contribution in [1.82, 2.24) is 4.98 Å². The summed E-state index contributed by atoms with van der Waals surface area (Å²) in [5.74, 6) is 2.02. The number of benzene rings is 1.